The van der Waals surface area contributed by atoms with Gasteiger partial charge in [0.25, 0.3) is 5.91 Å². The van der Waals surface area contributed by atoms with Crippen molar-refractivity contribution >= 4 is 30.1 Å². The second-order valence-corrected chi connectivity index (χ2v) is 8.44. The van der Waals surface area contributed by atoms with Crippen molar-refractivity contribution in [3.63, 3.8) is 0 Å². The summed E-state index contributed by atoms with van der Waals surface area (Å²) in [5.74, 6) is -0.530. The summed E-state index contributed by atoms with van der Waals surface area (Å²) < 4.78 is 10.8. The molecule has 2 aromatic rings. The monoisotopic (exact) mass is 437 g/mol. The number of carbonyl (C=O) groups is 2. The van der Waals surface area contributed by atoms with Gasteiger partial charge in [0.1, 0.15) is 23.8 Å². The van der Waals surface area contributed by atoms with E-state index in [9.17, 15) is 19.6 Å². The number of fused-ring (bicyclic) bond motifs is 2. The third-order valence-electron chi connectivity index (χ3n) is 6.59. The Morgan fingerprint density at radius 2 is 2.19 bits per heavy atom. The predicted octanol–water partition coefficient (Wildman–Crippen LogP) is 1.25. The summed E-state index contributed by atoms with van der Waals surface area (Å²) in [5, 5.41) is 31.8. The Morgan fingerprint density at radius 1 is 1.44 bits per heavy atom. The molecule has 2 fully saturated rings. The van der Waals surface area contributed by atoms with Crippen LogP contribution in [0.1, 0.15) is 12.5 Å². The number of alkyl carbamates (subject to hydrolysis) is 1. The summed E-state index contributed by atoms with van der Waals surface area (Å²) >= 11 is 0. The molecule has 1 aliphatic heterocycles. The van der Waals surface area contributed by atoms with E-state index in [-0.39, 0.29) is 30.6 Å². The highest BCUT2D eigenvalue weighted by atomic mass is 16.5. The Bertz CT molecular complexity index is 1090. The molecule has 2 aliphatic rings. The van der Waals surface area contributed by atoms with Crippen LogP contribution in [-0.2, 0) is 16.0 Å². The number of nitriles is 1. The molecular formula is C22H24BN3O6. The number of amides is 2. The topological polar surface area (TPSA) is 136 Å². The van der Waals surface area contributed by atoms with Crippen molar-refractivity contribution in [1.29, 1.82) is 5.26 Å². The number of nitrogens with zero attached hydrogens (tertiary/aromatic N) is 2. The largest absolute Gasteiger partial charge is 0.475 e. The van der Waals surface area contributed by atoms with E-state index < -0.39 is 25.1 Å². The molecule has 0 radical (unpaired) electrons. The number of hydrogen-bond donors (Lipinski definition) is 3. The Kier molecular flexibility index (Phi) is 5.95. The van der Waals surface area contributed by atoms with Gasteiger partial charge in [-0.2, -0.15) is 5.26 Å². The standard InChI is InChI=1S/C22H24BN3O6/c1-12(8-24)21(27)26-9-16-13(2)20(16)17(26)11-32-22(28)25-19(23(29)30)7-14-10-31-18-6-4-3-5-15(14)18/h3-6,10,13,16-17,19-20,29-30H,1,7,9,11H2,2H3,(H,25,28)/t13?,16?,17-,19-,20?/m0/s1. The van der Waals surface area contributed by atoms with E-state index in [1.54, 1.807) is 17.0 Å². The van der Waals surface area contributed by atoms with Gasteiger partial charge in [-0.1, -0.05) is 31.7 Å². The van der Waals surface area contributed by atoms with Crippen molar-refractivity contribution < 1.29 is 28.8 Å². The van der Waals surface area contributed by atoms with Crippen LogP contribution in [0.2, 0.25) is 0 Å². The third kappa shape index (κ3) is 4.09. The predicted molar refractivity (Wildman–Crippen MR) is 115 cm³/mol. The SMILES string of the molecule is C=C(C#N)C(=O)N1CC2C(C)C2[C@@H]1COC(=O)N[C@@H](Cc1coc2ccccc12)B(O)O. The van der Waals surface area contributed by atoms with Crippen LogP contribution in [-0.4, -0.2) is 59.2 Å². The fraction of sp³-hybridized carbons (Fsp3) is 0.409. The van der Waals surface area contributed by atoms with Crippen molar-refractivity contribution in [3.05, 3.63) is 48.2 Å². The van der Waals surface area contributed by atoms with E-state index in [1.807, 2.05) is 18.2 Å². The van der Waals surface area contributed by atoms with Gasteiger partial charge in [-0.05, 0) is 35.8 Å². The highest BCUT2D eigenvalue weighted by Gasteiger charge is 2.60. The molecule has 1 saturated heterocycles. The highest BCUT2D eigenvalue weighted by Crippen LogP contribution is 2.55. The van der Waals surface area contributed by atoms with Crippen LogP contribution in [0, 0.1) is 29.1 Å². The number of piperidine rings is 1. The Balaban J connectivity index is 1.37. The zero-order chi connectivity index (χ0) is 23.0. The highest BCUT2D eigenvalue weighted by molar-refractivity contribution is 6.43. The van der Waals surface area contributed by atoms with Crippen molar-refractivity contribution in [2.24, 2.45) is 17.8 Å². The maximum absolute atomic E-state index is 12.4. The smallest absolute Gasteiger partial charge is 0.464 e. The minimum absolute atomic E-state index is 0.0509. The Hall–Kier alpha value is -3.29. The zero-order valence-electron chi connectivity index (χ0n) is 17.6. The first-order valence-corrected chi connectivity index (χ1v) is 10.5. The molecule has 10 heteroatoms. The molecule has 2 amide bonds. The van der Waals surface area contributed by atoms with Gasteiger partial charge in [-0.25, -0.2) is 4.79 Å². The zero-order valence-corrected chi connectivity index (χ0v) is 17.6. The minimum Gasteiger partial charge on any atom is -0.464 e. The number of rotatable bonds is 7. The molecule has 4 rings (SSSR count). The van der Waals surface area contributed by atoms with Crippen LogP contribution in [0.25, 0.3) is 11.0 Å². The van der Waals surface area contributed by atoms with Crippen LogP contribution in [0.15, 0.2) is 47.1 Å². The summed E-state index contributed by atoms with van der Waals surface area (Å²) in [6.07, 6.45) is 0.826. The quantitative estimate of drug-likeness (QED) is 0.337. The van der Waals surface area contributed by atoms with Gasteiger partial charge >= 0.3 is 13.2 Å². The maximum Gasteiger partial charge on any atom is 0.475 e. The summed E-state index contributed by atoms with van der Waals surface area (Å²) in [4.78, 5) is 26.4. The van der Waals surface area contributed by atoms with Gasteiger partial charge in [0.2, 0.25) is 0 Å². The summed E-state index contributed by atoms with van der Waals surface area (Å²) in [7, 11) is -1.81. The second-order valence-electron chi connectivity index (χ2n) is 8.44. The Labute approximate surface area is 185 Å². The second kappa shape index (κ2) is 8.69. The molecule has 9 nitrogen and oxygen atoms in total. The minimum atomic E-state index is -1.81. The lowest BCUT2D eigenvalue weighted by Crippen LogP contribution is -2.49. The first-order chi connectivity index (χ1) is 15.3. The van der Waals surface area contributed by atoms with Crippen molar-refractivity contribution in [2.75, 3.05) is 13.2 Å². The maximum atomic E-state index is 12.4. The molecule has 1 aliphatic carbocycles. The molecule has 166 valence electrons. The third-order valence-corrected chi connectivity index (χ3v) is 6.59. The van der Waals surface area contributed by atoms with Crippen LogP contribution >= 0.6 is 0 Å². The lowest BCUT2D eigenvalue weighted by atomic mass is 9.76. The van der Waals surface area contributed by atoms with Gasteiger partial charge < -0.3 is 29.4 Å². The summed E-state index contributed by atoms with van der Waals surface area (Å²) in [6.45, 7) is 6.02. The van der Waals surface area contributed by atoms with Gasteiger partial charge in [0.15, 0.2) is 0 Å². The molecule has 1 saturated carbocycles. The molecule has 5 atom stereocenters. The number of hydrogen-bond acceptors (Lipinski definition) is 7. The average molecular weight is 437 g/mol. The van der Waals surface area contributed by atoms with E-state index in [2.05, 4.69) is 18.8 Å². The van der Waals surface area contributed by atoms with Gasteiger partial charge in [-0.15, -0.1) is 0 Å². The molecule has 0 bridgehead atoms. The molecule has 32 heavy (non-hydrogen) atoms. The lowest BCUT2D eigenvalue weighted by Gasteiger charge is -2.28. The summed E-state index contributed by atoms with van der Waals surface area (Å²) in [6, 6.07) is 8.75. The Morgan fingerprint density at radius 3 is 2.91 bits per heavy atom. The van der Waals surface area contributed by atoms with Crippen LogP contribution in [0.5, 0.6) is 0 Å². The fourth-order valence-corrected chi connectivity index (χ4v) is 4.74. The van der Waals surface area contributed by atoms with Gasteiger partial charge in [0.05, 0.1) is 18.2 Å². The van der Waals surface area contributed by atoms with E-state index in [0.717, 1.165) is 10.9 Å². The molecule has 3 unspecified atom stereocenters. The molecule has 1 aromatic heterocycles. The van der Waals surface area contributed by atoms with Gasteiger partial charge in [0, 0.05) is 11.9 Å². The number of nitrogens with one attached hydrogen (secondary N) is 1. The summed E-state index contributed by atoms with van der Waals surface area (Å²) in [5.41, 5.74) is 1.23. The average Bonchev–Trinajstić information content (AvgIpc) is 3.12. The molecule has 1 aromatic carbocycles. The first-order valence-electron chi connectivity index (χ1n) is 10.5. The molecule has 3 N–H and O–H groups in total. The van der Waals surface area contributed by atoms with E-state index >= 15 is 0 Å². The van der Waals surface area contributed by atoms with E-state index in [0.29, 0.717) is 24.0 Å². The van der Waals surface area contributed by atoms with Crippen molar-refractivity contribution in [2.45, 2.75) is 25.3 Å². The number of carbonyl (C=O) groups excluding carboxylic acids is 2. The first kappa shape index (κ1) is 21.9. The van der Waals surface area contributed by atoms with Crippen LogP contribution in [0.3, 0.4) is 0 Å². The van der Waals surface area contributed by atoms with Crippen molar-refractivity contribution in [3.8, 4) is 6.07 Å². The van der Waals surface area contributed by atoms with Gasteiger partial charge in [-0.3, -0.25) is 4.79 Å². The fourth-order valence-electron chi connectivity index (χ4n) is 4.74. The molecule has 0 spiro atoms. The normalized spacial score (nSPS) is 24.4. The molecular weight excluding hydrogens is 413 g/mol. The van der Waals surface area contributed by atoms with E-state index in [4.69, 9.17) is 14.4 Å². The van der Waals surface area contributed by atoms with E-state index in [1.165, 1.54) is 6.26 Å². The lowest BCUT2D eigenvalue weighted by molar-refractivity contribution is -0.129. The van der Waals surface area contributed by atoms with Crippen molar-refractivity contribution in [1.82, 2.24) is 10.2 Å². The number of furan rings is 1. The number of ether oxygens (including phenoxy) is 1. The number of para-hydroxylation sites is 1. The number of likely N-dealkylation sites (tertiary alicyclic amines) is 1. The molecule has 2 heterocycles. The number of benzene rings is 1. The van der Waals surface area contributed by atoms with Crippen LogP contribution in [0.4, 0.5) is 4.79 Å². The van der Waals surface area contributed by atoms with Crippen LogP contribution < -0.4 is 5.32 Å².